The maximum Gasteiger partial charge on any atom is 0.326 e. The molecular formula is C49H84N12O13. The van der Waals surface area contributed by atoms with Crippen LogP contribution in [0, 0.1) is 23.7 Å². The lowest BCUT2D eigenvalue weighted by Crippen LogP contribution is -2.63. The number of phenolic OH excluding ortho intramolecular Hbond substituents is 1. The van der Waals surface area contributed by atoms with Crippen LogP contribution in [0.15, 0.2) is 29.3 Å². The van der Waals surface area contributed by atoms with Gasteiger partial charge in [0, 0.05) is 6.54 Å². The molecule has 0 bridgehead atoms. The summed E-state index contributed by atoms with van der Waals surface area (Å²) < 4.78 is 0. The summed E-state index contributed by atoms with van der Waals surface area (Å²) in [6, 6.07) is -6.16. The number of amides is 8. The molecule has 0 aliphatic rings. The van der Waals surface area contributed by atoms with Crippen molar-refractivity contribution >= 4 is 59.2 Å². The quantitative estimate of drug-likeness (QED) is 0.0208. The van der Waals surface area contributed by atoms with Crippen molar-refractivity contribution < 1.29 is 63.6 Å². The first-order chi connectivity index (χ1) is 34.4. The molecule has 0 radical (unpaired) electrons. The van der Waals surface area contributed by atoms with E-state index in [4.69, 9.17) is 17.2 Å². The number of aliphatic hydroxyl groups is 2. The average Bonchev–Trinajstić information content (AvgIpc) is 3.32. The zero-order valence-electron chi connectivity index (χ0n) is 44.6. The lowest BCUT2D eigenvalue weighted by atomic mass is 9.94. The molecule has 1 rings (SSSR count). The Kier molecular flexibility index (Phi) is 28.2. The summed E-state index contributed by atoms with van der Waals surface area (Å²) in [6.07, 6.45) is -2.09. The Morgan fingerprint density at radius 3 is 1.42 bits per heavy atom. The highest BCUT2D eigenvalue weighted by Crippen LogP contribution is 2.16. The van der Waals surface area contributed by atoms with E-state index in [1.807, 2.05) is 6.92 Å². The summed E-state index contributed by atoms with van der Waals surface area (Å²) in [7, 11) is 0. The number of nitrogens with zero attached hydrogens (tertiary/aromatic N) is 1. The standard InChI is InChI=1S/C49H84N12O13/c1-12-25(7)36(59-45(70)37(26(8)13-2)58-41(66)32(50)22-30-16-18-31(64)19-17-30)44(69)55-33(15-14-20-53-49(51)52)42(67)57-35(24(5)6)43(68)60-39(29(11)63)47(72)61-38(28(10)62)46(71)54-27(9)40(65)56-34(48(73)74)21-23(3)4/h16-19,23-29,32-39,62-64H,12-15,20-22,50H2,1-11H3,(H,54,71)(H,55,69)(H,56,65)(H,57,67)(H,58,66)(H,59,70)(H,60,68)(H,61,72)(H,73,74)(H4,51,52,53)/t25-,26-,27-,28+,29+,32-,33-,34-,35-,36-,37-,38-,39-/m0/s1. The summed E-state index contributed by atoms with van der Waals surface area (Å²) in [6.45, 7) is 17.3. The molecule has 0 spiro atoms. The van der Waals surface area contributed by atoms with Gasteiger partial charge in [-0.3, -0.25) is 43.3 Å². The Balaban J connectivity index is 3.38. The van der Waals surface area contributed by atoms with E-state index in [0.717, 1.165) is 13.8 Å². The second kappa shape index (κ2) is 31.9. The SMILES string of the molecule is CC[C@H](C)[C@H](NC(=O)[C@@H](NC(=O)[C@@H](N)Cc1ccc(O)cc1)[C@@H](C)CC)C(=O)N[C@@H](CCCN=C(N)N)C(=O)N[C@H](C(=O)N[C@H](C(=O)N[C@H](C(=O)N[C@@H](C)C(=O)N[C@@H](CC(C)C)C(=O)O)[C@@H](C)O)[C@@H](C)O)C(C)C. The first kappa shape index (κ1) is 65.4. The van der Waals surface area contributed by atoms with Crippen LogP contribution in [0.4, 0.5) is 0 Å². The lowest BCUT2D eigenvalue weighted by Gasteiger charge is -2.31. The Morgan fingerprint density at radius 2 is 0.973 bits per heavy atom. The van der Waals surface area contributed by atoms with E-state index < -0.39 is 138 Å². The number of aliphatic imine (C=N–C) groups is 1. The summed E-state index contributed by atoms with van der Waals surface area (Å²) in [5, 5.41) is 60.5. The molecule has 1 aromatic carbocycles. The van der Waals surface area contributed by atoms with Crippen LogP contribution in [0.25, 0.3) is 0 Å². The minimum Gasteiger partial charge on any atom is -0.508 e. The molecule has 0 saturated carbocycles. The molecule has 8 amide bonds. The van der Waals surface area contributed by atoms with Crippen LogP contribution < -0.4 is 59.7 Å². The Morgan fingerprint density at radius 1 is 0.554 bits per heavy atom. The van der Waals surface area contributed by atoms with E-state index in [9.17, 15) is 63.6 Å². The van der Waals surface area contributed by atoms with E-state index in [1.165, 1.54) is 19.1 Å². The highest BCUT2D eigenvalue weighted by molar-refractivity contribution is 5.98. The van der Waals surface area contributed by atoms with Gasteiger partial charge < -0.3 is 80.2 Å². The molecule has 13 atom stereocenters. The fraction of sp³-hybridized carbons (Fsp3) is 0.673. The van der Waals surface area contributed by atoms with Gasteiger partial charge in [-0.15, -0.1) is 0 Å². The topological polar surface area (TPSA) is 421 Å². The number of hydrogen-bond donors (Lipinski definition) is 15. The van der Waals surface area contributed by atoms with Crippen molar-refractivity contribution in [2.75, 3.05) is 6.54 Å². The minimum absolute atomic E-state index is 0.0399. The van der Waals surface area contributed by atoms with E-state index in [0.29, 0.717) is 18.4 Å². The van der Waals surface area contributed by atoms with Crippen molar-refractivity contribution in [2.24, 2.45) is 45.9 Å². The molecule has 0 fully saturated rings. The Labute approximate surface area is 433 Å². The van der Waals surface area contributed by atoms with E-state index in [2.05, 4.69) is 47.5 Å². The van der Waals surface area contributed by atoms with Gasteiger partial charge in [0.05, 0.1) is 18.2 Å². The van der Waals surface area contributed by atoms with E-state index in [1.54, 1.807) is 60.6 Å². The van der Waals surface area contributed by atoms with Gasteiger partial charge in [-0.2, -0.15) is 0 Å². The number of aromatic hydroxyl groups is 1. The number of phenols is 1. The fourth-order valence-electron chi connectivity index (χ4n) is 7.36. The molecule has 25 heteroatoms. The molecule has 0 unspecified atom stereocenters. The average molecular weight is 1050 g/mol. The highest BCUT2D eigenvalue weighted by Gasteiger charge is 2.38. The van der Waals surface area contributed by atoms with Crippen molar-refractivity contribution in [2.45, 2.75) is 181 Å². The van der Waals surface area contributed by atoms with Crippen LogP contribution in [-0.4, -0.2) is 153 Å². The monoisotopic (exact) mass is 1050 g/mol. The van der Waals surface area contributed by atoms with Crippen LogP contribution in [0.3, 0.4) is 0 Å². The van der Waals surface area contributed by atoms with Crippen molar-refractivity contribution in [1.29, 1.82) is 0 Å². The predicted octanol–water partition coefficient (Wildman–Crippen LogP) is -2.15. The minimum atomic E-state index is -1.78. The maximum atomic E-state index is 14.2. The van der Waals surface area contributed by atoms with Crippen LogP contribution >= 0.6 is 0 Å². The smallest absolute Gasteiger partial charge is 0.326 e. The number of carboxylic acid groups (broad SMARTS) is 1. The third kappa shape index (κ3) is 22.3. The normalized spacial score (nSPS) is 16.6. The Bertz CT molecular complexity index is 2070. The van der Waals surface area contributed by atoms with E-state index in [-0.39, 0.29) is 49.9 Å². The number of carboxylic acids is 1. The molecule has 0 saturated heterocycles. The van der Waals surface area contributed by atoms with Crippen LogP contribution in [0.1, 0.15) is 114 Å². The number of guanidine groups is 1. The summed E-state index contributed by atoms with van der Waals surface area (Å²) in [4.78, 5) is 125. The molecule has 74 heavy (non-hydrogen) atoms. The van der Waals surface area contributed by atoms with Gasteiger partial charge in [0.2, 0.25) is 47.3 Å². The number of nitrogens with one attached hydrogen (secondary N) is 8. The van der Waals surface area contributed by atoms with Gasteiger partial charge in [-0.25, -0.2) is 4.79 Å². The van der Waals surface area contributed by atoms with Gasteiger partial charge in [-0.1, -0.05) is 80.4 Å². The fourth-order valence-corrected chi connectivity index (χ4v) is 7.36. The van der Waals surface area contributed by atoms with Crippen molar-refractivity contribution in [3.05, 3.63) is 29.8 Å². The predicted molar refractivity (Wildman–Crippen MR) is 275 cm³/mol. The van der Waals surface area contributed by atoms with Crippen LogP contribution in [-0.2, 0) is 49.6 Å². The van der Waals surface area contributed by atoms with Crippen LogP contribution in [0.2, 0.25) is 0 Å². The number of carbonyl (C=O) groups excluding carboxylic acids is 8. The largest absolute Gasteiger partial charge is 0.508 e. The number of hydrogen-bond acceptors (Lipinski definition) is 14. The number of aliphatic hydroxyl groups excluding tert-OH is 2. The number of aliphatic carboxylic acids is 1. The van der Waals surface area contributed by atoms with Gasteiger partial charge in [0.1, 0.15) is 54.1 Å². The van der Waals surface area contributed by atoms with Crippen molar-refractivity contribution in [1.82, 2.24) is 42.5 Å². The molecule has 0 aliphatic carbocycles. The molecule has 0 aliphatic heterocycles. The zero-order valence-corrected chi connectivity index (χ0v) is 44.6. The molecular weight excluding hydrogens is 965 g/mol. The molecule has 0 heterocycles. The number of nitrogens with two attached hydrogens (primary N) is 3. The number of benzene rings is 1. The summed E-state index contributed by atoms with van der Waals surface area (Å²) in [5.41, 5.74) is 17.9. The third-order valence-electron chi connectivity index (χ3n) is 12.3. The van der Waals surface area contributed by atoms with Crippen molar-refractivity contribution in [3.63, 3.8) is 0 Å². The summed E-state index contributed by atoms with van der Waals surface area (Å²) >= 11 is 0. The second-order valence-corrected chi connectivity index (χ2v) is 19.7. The third-order valence-corrected chi connectivity index (χ3v) is 12.3. The van der Waals surface area contributed by atoms with Gasteiger partial charge in [-0.05, 0) is 87.8 Å². The lowest BCUT2D eigenvalue weighted by molar-refractivity contribution is -0.143. The Hall–Kier alpha value is -6.60. The molecule has 25 nitrogen and oxygen atoms in total. The molecule has 418 valence electrons. The van der Waals surface area contributed by atoms with E-state index >= 15 is 0 Å². The second-order valence-electron chi connectivity index (χ2n) is 19.7. The molecule has 18 N–H and O–H groups in total. The summed E-state index contributed by atoms with van der Waals surface area (Å²) in [5.74, 6) is -10.1. The highest BCUT2D eigenvalue weighted by atomic mass is 16.4. The van der Waals surface area contributed by atoms with Crippen LogP contribution in [0.5, 0.6) is 5.75 Å². The van der Waals surface area contributed by atoms with Gasteiger partial charge in [0.15, 0.2) is 5.96 Å². The van der Waals surface area contributed by atoms with Gasteiger partial charge >= 0.3 is 5.97 Å². The van der Waals surface area contributed by atoms with Gasteiger partial charge in [0.25, 0.3) is 0 Å². The first-order valence-corrected chi connectivity index (χ1v) is 25.1. The maximum absolute atomic E-state index is 14.2. The number of rotatable bonds is 32. The first-order valence-electron chi connectivity index (χ1n) is 25.1. The molecule has 1 aromatic rings. The molecule has 0 aromatic heterocycles. The number of carbonyl (C=O) groups is 9. The zero-order chi connectivity index (χ0) is 56.7. The van der Waals surface area contributed by atoms with Crippen molar-refractivity contribution in [3.8, 4) is 5.75 Å².